The van der Waals surface area contributed by atoms with Gasteiger partial charge in [-0.3, -0.25) is 0 Å². The van der Waals surface area contributed by atoms with Gasteiger partial charge in [0, 0.05) is 7.05 Å². The van der Waals surface area contributed by atoms with Crippen LogP contribution in [0.3, 0.4) is 0 Å². The molecule has 0 bridgehead atoms. The van der Waals surface area contributed by atoms with Gasteiger partial charge in [0.05, 0.1) is 22.0 Å². The smallest absolute Gasteiger partial charge is 0.337 e. The van der Waals surface area contributed by atoms with Crippen molar-refractivity contribution in [1.82, 2.24) is 4.31 Å². The zero-order valence-electron chi connectivity index (χ0n) is 9.42. The van der Waals surface area contributed by atoms with Crippen LogP contribution in [-0.4, -0.2) is 37.4 Å². The molecular formula is C11H10ClNO4S. The number of carboxylic acid groups (broad SMARTS) is 1. The number of nitrogens with zero attached hydrogens (tertiary/aromatic N) is 1. The van der Waals surface area contributed by atoms with Crippen LogP contribution in [0.5, 0.6) is 0 Å². The van der Waals surface area contributed by atoms with Gasteiger partial charge >= 0.3 is 5.97 Å². The first-order valence-corrected chi connectivity index (χ1v) is 6.55. The molecule has 0 saturated carbocycles. The van der Waals surface area contributed by atoms with E-state index in [0.29, 0.717) is 0 Å². The number of carboxylic acids is 1. The van der Waals surface area contributed by atoms with Crippen LogP contribution < -0.4 is 0 Å². The Hall–Kier alpha value is -1.55. The molecule has 1 aromatic carbocycles. The second-order valence-corrected chi connectivity index (χ2v) is 5.86. The molecule has 0 spiro atoms. The van der Waals surface area contributed by atoms with Gasteiger partial charge in [0.15, 0.2) is 0 Å². The summed E-state index contributed by atoms with van der Waals surface area (Å²) < 4.78 is 24.9. The van der Waals surface area contributed by atoms with Gasteiger partial charge in [-0.2, -0.15) is 4.31 Å². The summed E-state index contributed by atoms with van der Waals surface area (Å²) in [4.78, 5) is 10.6. The minimum Gasteiger partial charge on any atom is -0.478 e. The second kappa shape index (κ2) is 5.40. The normalized spacial score (nSPS) is 11.2. The molecule has 96 valence electrons. The number of halogens is 1. The predicted octanol–water partition coefficient (Wildman–Crippen LogP) is 1.29. The first-order chi connectivity index (χ1) is 8.30. The monoisotopic (exact) mass is 287 g/mol. The first kappa shape index (κ1) is 14.5. The number of rotatable bonds is 4. The molecular weight excluding hydrogens is 278 g/mol. The minimum absolute atomic E-state index is 0.0827. The van der Waals surface area contributed by atoms with E-state index in [-0.39, 0.29) is 22.0 Å². The predicted molar refractivity (Wildman–Crippen MR) is 67.1 cm³/mol. The Morgan fingerprint density at radius 2 is 2.17 bits per heavy atom. The Morgan fingerprint density at radius 1 is 1.56 bits per heavy atom. The highest BCUT2D eigenvalue weighted by Crippen LogP contribution is 2.22. The summed E-state index contributed by atoms with van der Waals surface area (Å²) in [6.45, 7) is -0.0827. The second-order valence-electron chi connectivity index (χ2n) is 3.41. The summed E-state index contributed by atoms with van der Waals surface area (Å²) in [5.74, 6) is 0.986. The maximum atomic E-state index is 12.0. The van der Waals surface area contributed by atoms with Crippen molar-refractivity contribution in [2.45, 2.75) is 4.90 Å². The van der Waals surface area contributed by atoms with Crippen LogP contribution in [0, 0.1) is 12.3 Å². The molecule has 0 unspecified atom stereocenters. The van der Waals surface area contributed by atoms with Crippen molar-refractivity contribution < 1.29 is 18.3 Å². The molecule has 0 aliphatic carbocycles. The van der Waals surface area contributed by atoms with Crippen LogP contribution in [0.25, 0.3) is 0 Å². The molecule has 0 radical (unpaired) electrons. The summed E-state index contributed by atoms with van der Waals surface area (Å²) in [7, 11) is -2.43. The van der Waals surface area contributed by atoms with Crippen LogP contribution in [-0.2, 0) is 10.0 Å². The lowest BCUT2D eigenvalue weighted by atomic mass is 10.2. The van der Waals surface area contributed by atoms with Gasteiger partial charge < -0.3 is 5.11 Å². The standard InChI is InChI=1S/C11H10ClNO4S/c1-3-6-13(2)18(16,17)8-4-5-9(11(14)15)10(12)7-8/h1,4-5,7H,6H2,2H3,(H,14,15). The molecule has 5 nitrogen and oxygen atoms in total. The van der Waals surface area contributed by atoms with Gasteiger partial charge in [0.1, 0.15) is 0 Å². The largest absolute Gasteiger partial charge is 0.478 e. The topological polar surface area (TPSA) is 74.7 Å². The fraction of sp³-hybridized carbons (Fsp3) is 0.182. The van der Waals surface area contributed by atoms with E-state index in [1.807, 2.05) is 0 Å². The SMILES string of the molecule is C#CCN(C)S(=O)(=O)c1ccc(C(=O)O)c(Cl)c1. The van der Waals surface area contributed by atoms with E-state index < -0.39 is 16.0 Å². The lowest BCUT2D eigenvalue weighted by Gasteiger charge is -2.14. The zero-order valence-corrected chi connectivity index (χ0v) is 11.0. The highest BCUT2D eigenvalue weighted by Gasteiger charge is 2.21. The third-order valence-corrected chi connectivity index (χ3v) is 4.31. The van der Waals surface area contributed by atoms with Gasteiger partial charge in [-0.15, -0.1) is 6.42 Å². The maximum Gasteiger partial charge on any atom is 0.337 e. The molecule has 18 heavy (non-hydrogen) atoms. The van der Waals surface area contributed by atoms with Crippen LogP contribution in [0.1, 0.15) is 10.4 Å². The van der Waals surface area contributed by atoms with E-state index in [1.54, 1.807) is 0 Å². The molecule has 1 aromatic rings. The van der Waals surface area contributed by atoms with Crippen LogP contribution >= 0.6 is 11.6 Å². The summed E-state index contributed by atoms with van der Waals surface area (Å²) in [6.07, 6.45) is 5.04. The van der Waals surface area contributed by atoms with Crippen LogP contribution in [0.2, 0.25) is 5.02 Å². The Morgan fingerprint density at radius 3 is 2.61 bits per heavy atom. The van der Waals surface area contributed by atoms with Gasteiger partial charge in [-0.25, -0.2) is 13.2 Å². The van der Waals surface area contributed by atoms with Gasteiger partial charge in [-0.1, -0.05) is 17.5 Å². The molecule has 1 rings (SSSR count). The Labute approximate surface area is 110 Å². The van der Waals surface area contributed by atoms with Crippen molar-refractivity contribution in [2.24, 2.45) is 0 Å². The van der Waals surface area contributed by atoms with Crippen molar-refractivity contribution in [3.8, 4) is 12.3 Å². The van der Waals surface area contributed by atoms with Crippen molar-refractivity contribution in [2.75, 3.05) is 13.6 Å². The average molecular weight is 288 g/mol. The lowest BCUT2D eigenvalue weighted by Crippen LogP contribution is -2.27. The first-order valence-electron chi connectivity index (χ1n) is 4.73. The van der Waals surface area contributed by atoms with Crippen molar-refractivity contribution in [1.29, 1.82) is 0 Å². The number of aromatic carboxylic acids is 1. The van der Waals surface area contributed by atoms with E-state index in [2.05, 4.69) is 5.92 Å². The summed E-state index contributed by atoms with van der Waals surface area (Å²) in [5.41, 5.74) is -0.157. The highest BCUT2D eigenvalue weighted by molar-refractivity contribution is 7.89. The minimum atomic E-state index is -3.75. The third-order valence-electron chi connectivity index (χ3n) is 2.19. The average Bonchev–Trinajstić information content (AvgIpc) is 2.28. The maximum absolute atomic E-state index is 12.0. The molecule has 1 N–H and O–H groups in total. The fourth-order valence-electron chi connectivity index (χ4n) is 1.22. The fourth-order valence-corrected chi connectivity index (χ4v) is 2.66. The summed E-state index contributed by atoms with van der Waals surface area (Å²) in [6, 6.07) is 3.41. The number of hydrogen-bond donors (Lipinski definition) is 1. The van der Waals surface area contributed by atoms with E-state index in [9.17, 15) is 13.2 Å². The van der Waals surface area contributed by atoms with Crippen LogP contribution in [0.4, 0.5) is 0 Å². The van der Waals surface area contributed by atoms with E-state index in [1.165, 1.54) is 13.1 Å². The molecule has 0 fully saturated rings. The molecule has 0 aromatic heterocycles. The Balaban J connectivity index is 3.24. The van der Waals surface area contributed by atoms with E-state index in [0.717, 1.165) is 16.4 Å². The van der Waals surface area contributed by atoms with Crippen molar-refractivity contribution in [3.63, 3.8) is 0 Å². The molecule has 0 heterocycles. The van der Waals surface area contributed by atoms with Crippen molar-refractivity contribution in [3.05, 3.63) is 28.8 Å². The number of sulfonamides is 1. The quantitative estimate of drug-likeness (QED) is 0.847. The number of hydrogen-bond acceptors (Lipinski definition) is 3. The molecule has 0 amide bonds. The number of terminal acetylenes is 1. The molecule has 0 aliphatic heterocycles. The number of carbonyl (C=O) groups is 1. The van der Waals surface area contributed by atoms with Gasteiger partial charge in [0.25, 0.3) is 0 Å². The van der Waals surface area contributed by atoms with E-state index >= 15 is 0 Å². The highest BCUT2D eigenvalue weighted by atomic mass is 35.5. The van der Waals surface area contributed by atoms with Crippen molar-refractivity contribution >= 4 is 27.6 Å². The molecule has 0 saturated heterocycles. The van der Waals surface area contributed by atoms with Gasteiger partial charge in [-0.05, 0) is 18.2 Å². The Bertz CT molecular complexity index is 618. The summed E-state index contributed by atoms with van der Waals surface area (Å²) >= 11 is 5.71. The van der Waals surface area contributed by atoms with Gasteiger partial charge in [0.2, 0.25) is 10.0 Å². The number of benzene rings is 1. The van der Waals surface area contributed by atoms with Crippen LogP contribution in [0.15, 0.2) is 23.1 Å². The zero-order chi connectivity index (χ0) is 13.9. The molecule has 7 heteroatoms. The summed E-state index contributed by atoms with van der Waals surface area (Å²) in [5, 5.41) is 8.64. The third kappa shape index (κ3) is 2.82. The molecule has 0 atom stereocenters. The lowest BCUT2D eigenvalue weighted by molar-refractivity contribution is 0.0697. The Kier molecular flexibility index (Phi) is 4.35. The van der Waals surface area contributed by atoms with E-state index in [4.69, 9.17) is 23.1 Å². The molecule has 0 aliphatic rings.